The molecule has 0 radical (unpaired) electrons. The smallest absolute Gasteiger partial charge is 0.251 e. The molecular weight excluding hydrogens is 386 g/mol. The first-order chi connectivity index (χ1) is 15.0. The number of carbonyl (C=O) groups is 1. The van der Waals surface area contributed by atoms with Gasteiger partial charge >= 0.3 is 0 Å². The van der Waals surface area contributed by atoms with E-state index >= 15 is 0 Å². The second-order valence-corrected chi connectivity index (χ2v) is 7.86. The fourth-order valence-corrected chi connectivity index (χ4v) is 3.41. The largest absolute Gasteiger partial charge is 0.398 e. The highest BCUT2D eigenvalue weighted by molar-refractivity contribution is 5.94. The topological polar surface area (TPSA) is 92.9 Å². The predicted octanol–water partition coefficient (Wildman–Crippen LogP) is 5.48. The average Bonchev–Trinajstić information content (AvgIpc) is 2.76. The van der Waals surface area contributed by atoms with E-state index in [2.05, 4.69) is 34.4 Å². The molecule has 0 saturated heterocycles. The number of nitrogens with two attached hydrogens (primary N) is 1. The van der Waals surface area contributed by atoms with Crippen LogP contribution in [-0.2, 0) is 0 Å². The maximum absolute atomic E-state index is 12.5. The van der Waals surface area contributed by atoms with Gasteiger partial charge in [-0.1, -0.05) is 38.3 Å². The second-order valence-electron chi connectivity index (χ2n) is 7.86. The van der Waals surface area contributed by atoms with E-state index < -0.39 is 0 Å². The molecule has 0 aliphatic carbocycles. The zero-order valence-corrected chi connectivity index (χ0v) is 18.5. The number of hydrogen-bond donors (Lipinski definition) is 3. The summed E-state index contributed by atoms with van der Waals surface area (Å²) in [5, 5.41) is 6.27. The molecule has 6 heteroatoms. The summed E-state index contributed by atoms with van der Waals surface area (Å²) in [5.41, 5.74) is 11.0. The zero-order chi connectivity index (χ0) is 22.2. The number of anilines is 3. The Balaban J connectivity index is 1.65. The summed E-state index contributed by atoms with van der Waals surface area (Å²) >= 11 is 0. The molecule has 0 aliphatic rings. The second kappa shape index (κ2) is 10.6. The average molecular weight is 418 g/mol. The van der Waals surface area contributed by atoms with Gasteiger partial charge in [-0.15, -0.1) is 0 Å². The number of carbonyl (C=O) groups excluding carboxylic acids is 1. The number of nitrogens with zero attached hydrogens (tertiary/aromatic N) is 2. The molecule has 1 unspecified atom stereocenters. The number of nitrogen functional groups attached to an aromatic ring is 1. The van der Waals surface area contributed by atoms with Gasteiger partial charge in [-0.2, -0.15) is 0 Å². The summed E-state index contributed by atoms with van der Waals surface area (Å²) in [4.78, 5) is 21.4. The van der Waals surface area contributed by atoms with Crippen molar-refractivity contribution in [3.05, 3.63) is 65.9 Å². The number of amides is 1. The Morgan fingerprint density at radius 1 is 1.10 bits per heavy atom. The lowest BCUT2D eigenvalue weighted by Gasteiger charge is -2.14. The van der Waals surface area contributed by atoms with E-state index in [0.717, 1.165) is 41.0 Å². The lowest BCUT2D eigenvalue weighted by Crippen LogP contribution is -2.32. The molecule has 0 spiro atoms. The minimum atomic E-state index is -0.0501. The molecule has 2 aromatic carbocycles. The molecule has 162 valence electrons. The van der Waals surface area contributed by atoms with Crippen molar-refractivity contribution in [2.45, 2.75) is 52.5 Å². The highest BCUT2D eigenvalue weighted by Crippen LogP contribution is 2.26. The Kier molecular flexibility index (Phi) is 7.60. The minimum absolute atomic E-state index is 0.0501. The van der Waals surface area contributed by atoms with Gasteiger partial charge < -0.3 is 16.4 Å². The maximum atomic E-state index is 12.5. The molecule has 0 bridgehead atoms. The molecule has 1 heterocycles. The van der Waals surface area contributed by atoms with Gasteiger partial charge in [-0.05, 0) is 62.2 Å². The number of benzene rings is 2. The molecule has 0 saturated carbocycles. The van der Waals surface area contributed by atoms with Crippen LogP contribution < -0.4 is 16.4 Å². The first-order valence-electron chi connectivity index (χ1n) is 10.8. The lowest BCUT2D eigenvalue weighted by molar-refractivity contribution is 0.0938. The number of unbranched alkanes of at least 4 members (excludes halogenated alkanes) is 2. The van der Waals surface area contributed by atoms with Crippen LogP contribution >= 0.6 is 0 Å². The van der Waals surface area contributed by atoms with Gasteiger partial charge in [-0.3, -0.25) is 4.79 Å². The molecule has 1 atom stereocenters. The molecule has 0 fully saturated rings. The highest BCUT2D eigenvalue weighted by Gasteiger charge is 2.11. The van der Waals surface area contributed by atoms with E-state index in [-0.39, 0.29) is 11.9 Å². The van der Waals surface area contributed by atoms with E-state index in [9.17, 15) is 4.79 Å². The van der Waals surface area contributed by atoms with Gasteiger partial charge in [0.05, 0.1) is 5.69 Å². The molecule has 3 rings (SSSR count). The SMILES string of the molecule is CCCCCC(C)NC(=O)c1ccc(Nc2nccc(-c3cccc(N)c3C)n2)cc1. The monoisotopic (exact) mass is 417 g/mol. The summed E-state index contributed by atoms with van der Waals surface area (Å²) < 4.78 is 0. The van der Waals surface area contributed by atoms with Crippen molar-refractivity contribution >= 4 is 23.2 Å². The standard InChI is InChI=1S/C25H31N5O/c1-4-5-6-8-17(2)28-24(31)19-11-13-20(14-12-19)29-25-27-16-15-23(30-25)21-9-7-10-22(26)18(21)3/h7,9-17H,4-6,8,26H2,1-3H3,(H,28,31)(H,27,29,30). The van der Waals surface area contributed by atoms with Crippen LogP contribution in [0.1, 0.15) is 55.5 Å². The van der Waals surface area contributed by atoms with Gasteiger partial charge in [0.1, 0.15) is 0 Å². The summed E-state index contributed by atoms with van der Waals surface area (Å²) in [5.74, 6) is 0.437. The van der Waals surface area contributed by atoms with Gasteiger partial charge in [0.15, 0.2) is 0 Å². The maximum Gasteiger partial charge on any atom is 0.251 e. The Morgan fingerprint density at radius 2 is 1.87 bits per heavy atom. The van der Waals surface area contributed by atoms with Gasteiger partial charge in [0.25, 0.3) is 5.91 Å². The molecule has 1 aromatic heterocycles. The fraction of sp³-hybridized carbons (Fsp3) is 0.320. The molecule has 1 amide bonds. The van der Waals surface area contributed by atoms with Crippen LogP contribution in [0.2, 0.25) is 0 Å². The predicted molar refractivity (Wildman–Crippen MR) is 127 cm³/mol. The Bertz CT molecular complexity index is 1020. The molecule has 31 heavy (non-hydrogen) atoms. The summed E-state index contributed by atoms with van der Waals surface area (Å²) in [6.07, 6.45) is 6.23. The Morgan fingerprint density at radius 3 is 2.61 bits per heavy atom. The molecule has 4 N–H and O–H groups in total. The van der Waals surface area contributed by atoms with Crippen LogP contribution in [0.15, 0.2) is 54.7 Å². The zero-order valence-electron chi connectivity index (χ0n) is 18.5. The van der Waals surface area contributed by atoms with Crippen molar-refractivity contribution in [3.63, 3.8) is 0 Å². The summed E-state index contributed by atoms with van der Waals surface area (Å²) in [6.45, 7) is 6.21. The Hall–Kier alpha value is -3.41. The molecule has 3 aromatic rings. The van der Waals surface area contributed by atoms with Crippen LogP contribution in [0.3, 0.4) is 0 Å². The summed E-state index contributed by atoms with van der Waals surface area (Å²) in [6, 6.07) is 15.2. The first-order valence-corrected chi connectivity index (χ1v) is 10.8. The minimum Gasteiger partial charge on any atom is -0.398 e. The lowest BCUT2D eigenvalue weighted by atomic mass is 10.0. The number of hydrogen-bond acceptors (Lipinski definition) is 5. The van der Waals surface area contributed by atoms with Crippen LogP contribution in [0.5, 0.6) is 0 Å². The third-order valence-electron chi connectivity index (χ3n) is 5.33. The van der Waals surface area contributed by atoms with Crippen molar-refractivity contribution < 1.29 is 4.79 Å². The third kappa shape index (κ3) is 6.04. The first kappa shape index (κ1) is 22.3. The van der Waals surface area contributed by atoms with E-state index in [1.807, 2.05) is 55.5 Å². The van der Waals surface area contributed by atoms with Gasteiger partial charge in [0, 0.05) is 34.7 Å². The third-order valence-corrected chi connectivity index (χ3v) is 5.33. The molecular formula is C25H31N5O. The van der Waals surface area contributed by atoms with Gasteiger partial charge in [0.2, 0.25) is 5.95 Å². The van der Waals surface area contributed by atoms with E-state index in [1.54, 1.807) is 6.20 Å². The van der Waals surface area contributed by atoms with Crippen molar-refractivity contribution in [1.82, 2.24) is 15.3 Å². The number of aromatic nitrogens is 2. The van der Waals surface area contributed by atoms with Crippen molar-refractivity contribution in [3.8, 4) is 11.3 Å². The van der Waals surface area contributed by atoms with E-state index in [4.69, 9.17) is 5.73 Å². The Labute approximate surface area is 184 Å². The van der Waals surface area contributed by atoms with E-state index in [1.165, 1.54) is 12.8 Å². The van der Waals surface area contributed by atoms with Crippen molar-refractivity contribution in [2.24, 2.45) is 0 Å². The highest BCUT2D eigenvalue weighted by atomic mass is 16.1. The molecule has 6 nitrogen and oxygen atoms in total. The van der Waals surface area contributed by atoms with Crippen LogP contribution in [0, 0.1) is 6.92 Å². The summed E-state index contributed by atoms with van der Waals surface area (Å²) in [7, 11) is 0. The fourth-order valence-electron chi connectivity index (χ4n) is 3.41. The number of nitrogens with one attached hydrogen (secondary N) is 2. The van der Waals surface area contributed by atoms with Crippen molar-refractivity contribution in [1.29, 1.82) is 0 Å². The van der Waals surface area contributed by atoms with Crippen molar-refractivity contribution in [2.75, 3.05) is 11.1 Å². The van der Waals surface area contributed by atoms with Crippen LogP contribution in [-0.4, -0.2) is 21.9 Å². The molecule has 0 aliphatic heterocycles. The van der Waals surface area contributed by atoms with Gasteiger partial charge in [-0.25, -0.2) is 9.97 Å². The number of rotatable bonds is 9. The van der Waals surface area contributed by atoms with Crippen LogP contribution in [0.25, 0.3) is 11.3 Å². The quantitative estimate of drug-likeness (QED) is 0.317. The van der Waals surface area contributed by atoms with Crippen LogP contribution in [0.4, 0.5) is 17.3 Å². The normalized spacial score (nSPS) is 11.7. The van der Waals surface area contributed by atoms with E-state index in [0.29, 0.717) is 11.5 Å².